The molecule has 1 aliphatic heterocycles. The lowest BCUT2D eigenvalue weighted by Crippen LogP contribution is -2.49. The lowest BCUT2D eigenvalue weighted by Gasteiger charge is -2.29. The average Bonchev–Trinajstić information content (AvgIpc) is 2.20. The number of carbonyl (C=O) groups excluding carboxylic acids is 1. The minimum Gasteiger partial charge on any atom is -0.352 e. The van der Waals surface area contributed by atoms with Crippen LogP contribution in [0.2, 0.25) is 0 Å². The van der Waals surface area contributed by atoms with Crippen LogP contribution in [0.4, 0.5) is 0 Å². The molecule has 0 spiro atoms. The first-order valence-electron chi connectivity index (χ1n) is 5.67. The third kappa shape index (κ3) is 3.29. The molecule has 0 bridgehead atoms. The summed E-state index contributed by atoms with van der Waals surface area (Å²) < 4.78 is 0. The maximum absolute atomic E-state index is 11.6. The Morgan fingerprint density at radius 1 is 1.57 bits per heavy atom. The van der Waals surface area contributed by atoms with Gasteiger partial charge in [0.1, 0.15) is 0 Å². The van der Waals surface area contributed by atoms with Gasteiger partial charge in [0.15, 0.2) is 0 Å². The normalized spacial score (nSPS) is 29.6. The van der Waals surface area contributed by atoms with Crippen molar-refractivity contribution in [1.82, 2.24) is 10.6 Å². The van der Waals surface area contributed by atoms with Crippen LogP contribution in [0.25, 0.3) is 0 Å². The second-order valence-corrected chi connectivity index (χ2v) is 4.40. The van der Waals surface area contributed by atoms with Gasteiger partial charge in [0.2, 0.25) is 5.91 Å². The number of piperidine rings is 1. The zero-order valence-corrected chi connectivity index (χ0v) is 9.47. The summed E-state index contributed by atoms with van der Waals surface area (Å²) in [5.41, 5.74) is 0. The molecule has 1 heterocycles. The molecule has 0 aromatic rings. The number of hydrogen-bond donors (Lipinski definition) is 2. The van der Waals surface area contributed by atoms with Gasteiger partial charge < -0.3 is 10.6 Å². The Kier molecular flexibility index (Phi) is 4.39. The average molecular weight is 198 g/mol. The summed E-state index contributed by atoms with van der Waals surface area (Å²) in [7, 11) is 0. The highest BCUT2D eigenvalue weighted by molar-refractivity contribution is 5.78. The molecule has 0 aliphatic carbocycles. The van der Waals surface area contributed by atoms with Crippen molar-refractivity contribution in [2.45, 2.75) is 52.1 Å². The van der Waals surface area contributed by atoms with Crippen molar-refractivity contribution in [3.05, 3.63) is 0 Å². The van der Waals surface area contributed by atoms with Crippen molar-refractivity contribution in [2.24, 2.45) is 5.92 Å². The van der Waals surface area contributed by atoms with Crippen LogP contribution in [-0.2, 0) is 4.79 Å². The Hall–Kier alpha value is -0.570. The molecule has 3 nitrogen and oxygen atoms in total. The van der Waals surface area contributed by atoms with E-state index in [0.29, 0.717) is 12.1 Å². The minimum absolute atomic E-state index is 0.148. The second kappa shape index (κ2) is 5.35. The summed E-state index contributed by atoms with van der Waals surface area (Å²) in [5.74, 6) is 0.350. The van der Waals surface area contributed by atoms with Crippen LogP contribution in [0, 0.1) is 5.92 Å². The number of hydrogen-bond acceptors (Lipinski definition) is 2. The summed E-state index contributed by atoms with van der Waals surface area (Å²) in [6.45, 7) is 7.13. The summed E-state index contributed by atoms with van der Waals surface area (Å²) in [4.78, 5) is 11.6. The van der Waals surface area contributed by atoms with Gasteiger partial charge in [-0.05, 0) is 26.2 Å². The van der Waals surface area contributed by atoms with Crippen LogP contribution in [-0.4, -0.2) is 24.5 Å². The standard InChI is InChI=1S/C11H22N2O/c1-4-8(2)11(14)13-10-6-5-9(3)12-7-10/h8-10,12H,4-7H2,1-3H3,(H,13,14). The smallest absolute Gasteiger partial charge is 0.223 e. The summed E-state index contributed by atoms with van der Waals surface area (Å²) in [6, 6.07) is 0.944. The van der Waals surface area contributed by atoms with Crippen LogP contribution in [0.15, 0.2) is 0 Å². The molecular formula is C11H22N2O. The predicted molar refractivity (Wildman–Crippen MR) is 58.1 cm³/mol. The molecule has 1 fully saturated rings. The molecule has 1 amide bonds. The molecule has 82 valence electrons. The van der Waals surface area contributed by atoms with E-state index < -0.39 is 0 Å². The molecule has 14 heavy (non-hydrogen) atoms. The summed E-state index contributed by atoms with van der Waals surface area (Å²) in [6.07, 6.45) is 3.18. The summed E-state index contributed by atoms with van der Waals surface area (Å²) >= 11 is 0. The first-order chi connectivity index (χ1) is 6.63. The molecule has 1 aliphatic rings. The maximum atomic E-state index is 11.6. The highest BCUT2D eigenvalue weighted by Crippen LogP contribution is 2.09. The van der Waals surface area contributed by atoms with Gasteiger partial charge in [-0.15, -0.1) is 0 Å². The van der Waals surface area contributed by atoms with Crippen LogP contribution in [0.3, 0.4) is 0 Å². The van der Waals surface area contributed by atoms with E-state index in [2.05, 4.69) is 17.6 Å². The van der Waals surface area contributed by atoms with Gasteiger partial charge in [-0.3, -0.25) is 4.79 Å². The lowest BCUT2D eigenvalue weighted by atomic mass is 10.0. The van der Waals surface area contributed by atoms with Gasteiger partial charge in [-0.2, -0.15) is 0 Å². The van der Waals surface area contributed by atoms with Crippen LogP contribution in [0.1, 0.15) is 40.0 Å². The maximum Gasteiger partial charge on any atom is 0.223 e. The topological polar surface area (TPSA) is 41.1 Å². The molecule has 0 radical (unpaired) electrons. The van der Waals surface area contributed by atoms with Crippen LogP contribution >= 0.6 is 0 Å². The van der Waals surface area contributed by atoms with E-state index in [4.69, 9.17) is 0 Å². The fraction of sp³-hybridized carbons (Fsp3) is 0.909. The van der Waals surface area contributed by atoms with E-state index in [0.717, 1.165) is 25.8 Å². The molecule has 0 aromatic carbocycles. The number of rotatable bonds is 3. The third-order valence-corrected chi connectivity index (χ3v) is 3.07. The van der Waals surface area contributed by atoms with Crippen LogP contribution in [0.5, 0.6) is 0 Å². The third-order valence-electron chi connectivity index (χ3n) is 3.07. The highest BCUT2D eigenvalue weighted by Gasteiger charge is 2.20. The Morgan fingerprint density at radius 2 is 2.29 bits per heavy atom. The largest absolute Gasteiger partial charge is 0.352 e. The van der Waals surface area contributed by atoms with Crippen molar-refractivity contribution < 1.29 is 4.79 Å². The van der Waals surface area contributed by atoms with Gasteiger partial charge in [-0.25, -0.2) is 0 Å². The van der Waals surface area contributed by atoms with E-state index in [-0.39, 0.29) is 11.8 Å². The molecular weight excluding hydrogens is 176 g/mol. The fourth-order valence-electron chi connectivity index (χ4n) is 1.65. The first-order valence-corrected chi connectivity index (χ1v) is 5.67. The number of carbonyl (C=O) groups is 1. The van der Waals surface area contributed by atoms with Crippen LogP contribution < -0.4 is 10.6 Å². The SMILES string of the molecule is CCC(C)C(=O)NC1CCC(C)NC1. The molecule has 3 heteroatoms. The van der Waals surface area contributed by atoms with Crippen molar-refractivity contribution in [3.8, 4) is 0 Å². The number of amides is 1. The predicted octanol–water partition coefficient (Wildman–Crippen LogP) is 1.29. The van der Waals surface area contributed by atoms with Crippen molar-refractivity contribution in [1.29, 1.82) is 0 Å². The van der Waals surface area contributed by atoms with Gasteiger partial charge in [-0.1, -0.05) is 13.8 Å². The quantitative estimate of drug-likeness (QED) is 0.717. The van der Waals surface area contributed by atoms with Crippen molar-refractivity contribution in [3.63, 3.8) is 0 Å². The molecule has 0 saturated carbocycles. The second-order valence-electron chi connectivity index (χ2n) is 4.40. The van der Waals surface area contributed by atoms with Gasteiger partial charge in [0.25, 0.3) is 0 Å². The Labute approximate surface area is 86.6 Å². The molecule has 1 saturated heterocycles. The van der Waals surface area contributed by atoms with E-state index in [1.807, 2.05) is 13.8 Å². The highest BCUT2D eigenvalue weighted by atomic mass is 16.1. The van der Waals surface area contributed by atoms with E-state index >= 15 is 0 Å². The van der Waals surface area contributed by atoms with E-state index in [1.54, 1.807) is 0 Å². The molecule has 3 unspecified atom stereocenters. The zero-order valence-electron chi connectivity index (χ0n) is 9.47. The first kappa shape index (κ1) is 11.5. The number of nitrogens with one attached hydrogen (secondary N) is 2. The molecule has 0 aromatic heterocycles. The van der Waals surface area contributed by atoms with E-state index in [9.17, 15) is 4.79 Å². The van der Waals surface area contributed by atoms with Gasteiger partial charge in [0.05, 0.1) is 0 Å². The monoisotopic (exact) mass is 198 g/mol. The lowest BCUT2D eigenvalue weighted by molar-refractivity contribution is -0.125. The zero-order chi connectivity index (χ0) is 10.6. The molecule has 2 N–H and O–H groups in total. The van der Waals surface area contributed by atoms with Crippen molar-refractivity contribution >= 4 is 5.91 Å². The van der Waals surface area contributed by atoms with Crippen molar-refractivity contribution in [2.75, 3.05) is 6.54 Å². The Bertz CT molecular complexity index is 186. The molecule has 3 atom stereocenters. The Morgan fingerprint density at radius 3 is 2.79 bits per heavy atom. The minimum atomic E-state index is 0.148. The Balaban J connectivity index is 2.27. The summed E-state index contributed by atoms with van der Waals surface area (Å²) in [5, 5.41) is 6.47. The van der Waals surface area contributed by atoms with E-state index in [1.165, 1.54) is 0 Å². The van der Waals surface area contributed by atoms with Gasteiger partial charge >= 0.3 is 0 Å². The van der Waals surface area contributed by atoms with Gasteiger partial charge in [0, 0.05) is 24.5 Å². The molecule has 1 rings (SSSR count). The fourth-order valence-corrected chi connectivity index (χ4v) is 1.65.